The van der Waals surface area contributed by atoms with Crippen LogP contribution in [0.3, 0.4) is 0 Å². The van der Waals surface area contributed by atoms with Gasteiger partial charge in [-0.2, -0.15) is 0 Å². The van der Waals surface area contributed by atoms with Gasteiger partial charge in [-0.1, -0.05) is 0 Å². The van der Waals surface area contributed by atoms with Gasteiger partial charge in [0.2, 0.25) is 0 Å². The zero-order valence-corrected chi connectivity index (χ0v) is 5.68. The van der Waals surface area contributed by atoms with Crippen LogP contribution in [-0.4, -0.2) is 9.97 Å². The van der Waals surface area contributed by atoms with Gasteiger partial charge in [0.15, 0.2) is 0 Å². The molecule has 0 saturated carbocycles. The summed E-state index contributed by atoms with van der Waals surface area (Å²) >= 11 is 0. The van der Waals surface area contributed by atoms with Gasteiger partial charge in [-0.15, -0.1) is 0 Å². The Kier molecular flexibility index (Phi) is 1.01. The number of H-pyrrole nitrogens is 1. The third-order valence-corrected chi connectivity index (χ3v) is 1.64. The van der Waals surface area contributed by atoms with Gasteiger partial charge in [0.1, 0.15) is 0 Å². The Bertz CT molecular complexity index is 349. The van der Waals surface area contributed by atoms with E-state index in [0.717, 1.165) is 5.52 Å². The Hall–Kier alpha value is -1.31. The lowest BCUT2D eigenvalue weighted by atomic mass is 10.2. The minimum atomic E-state index is 1.10. The van der Waals surface area contributed by atoms with Gasteiger partial charge in [0.25, 0.3) is 0 Å². The van der Waals surface area contributed by atoms with E-state index < -0.39 is 0 Å². The number of fused-ring (bicyclic) bond motifs is 1. The molecule has 2 rings (SSSR count). The summed E-state index contributed by atoms with van der Waals surface area (Å²) < 4.78 is 0. The summed E-state index contributed by atoms with van der Waals surface area (Å²) in [7, 11) is 0. The molecule has 0 aliphatic carbocycles. The van der Waals surface area contributed by atoms with E-state index in [2.05, 4.69) is 23.1 Å². The minimum absolute atomic E-state index is 1.10. The number of hydrogen-bond donors (Lipinski definition) is 1. The van der Waals surface area contributed by atoms with Crippen LogP contribution < -0.4 is 0 Å². The Morgan fingerprint density at radius 1 is 1.60 bits per heavy atom. The van der Waals surface area contributed by atoms with Gasteiger partial charge in [-0.25, -0.2) is 0 Å². The largest absolute Gasteiger partial charge is 0.361 e. The van der Waals surface area contributed by atoms with E-state index in [9.17, 15) is 0 Å². The summed E-state index contributed by atoms with van der Waals surface area (Å²) in [5, 5.41) is 1.18. The molecule has 2 aromatic rings. The first-order valence-corrected chi connectivity index (χ1v) is 3.18. The summed E-state index contributed by atoms with van der Waals surface area (Å²) in [6.45, 7) is 2.06. The summed E-state index contributed by atoms with van der Waals surface area (Å²) in [6.07, 6.45) is 6.56. The second kappa shape index (κ2) is 1.84. The molecule has 0 spiro atoms. The van der Waals surface area contributed by atoms with Gasteiger partial charge in [0, 0.05) is 23.3 Å². The number of nitrogens with zero attached hydrogens (tertiary/aromatic N) is 1. The predicted molar refractivity (Wildman–Crippen MR) is 39.7 cm³/mol. The molecule has 2 heterocycles. The Morgan fingerprint density at radius 3 is 3.30 bits per heavy atom. The average Bonchev–Trinajstić information content (AvgIpc) is 2.34. The molecule has 2 nitrogen and oxygen atoms in total. The monoisotopic (exact) mass is 131 g/mol. The third kappa shape index (κ3) is 0.620. The maximum Gasteiger partial charge on any atom is 0.0908 e. The summed E-state index contributed by atoms with van der Waals surface area (Å²) in [4.78, 5) is 7.02. The molecule has 0 fully saturated rings. The van der Waals surface area contributed by atoms with Crippen LogP contribution in [0.5, 0.6) is 0 Å². The minimum Gasteiger partial charge on any atom is -0.361 e. The molecule has 10 heavy (non-hydrogen) atoms. The van der Waals surface area contributed by atoms with Crippen LogP contribution in [0.4, 0.5) is 0 Å². The number of hydrogen-bond acceptors (Lipinski definition) is 1. The van der Waals surface area contributed by atoms with Crippen molar-refractivity contribution in [3.05, 3.63) is 30.2 Å². The first-order chi connectivity index (χ1) is 4.88. The molecule has 0 aliphatic heterocycles. The van der Waals surface area contributed by atoms with Crippen molar-refractivity contribution in [1.29, 1.82) is 0 Å². The number of nitrogens with one attached hydrogen (secondary N) is 1. The van der Waals surface area contributed by atoms with Crippen LogP contribution in [0.15, 0.2) is 18.5 Å². The molecule has 0 atom stereocenters. The Labute approximate surface area is 58.9 Å². The van der Waals surface area contributed by atoms with Crippen LogP contribution in [-0.2, 0) is 0 Å². The number of rotatable bonds is 0. The van der Waals surface area contributed by atoms with Crippen molar-refractivity contribution in [2.45, 2.75) is 6.92 Å². The molecule has 1 N–H and O–H groups in total. The molecule has 1 radical (unpaired) electrons. The van der Waals surface area contributed by atoms with Gasteiger partial charge in [0.05, 0.1) is 6.20 Å². The first kappa shape index (κ1) is 5.47. The highest BCUT2D eigenvalue weighted by Gasteiger charge is 1.95. The van der Waals surface area contributed by atoms with Crippen LogP contribution in [0.25, 0.3) is 10.9 Å². The lowest BCUT2D eigenvalue weighted by Gasteiger charge is -1.85. The predicted octanol–water partition coefficient (Wildman–Crippen LogP) is 1.67. The van der Waals surface area contributed by atoms with Crippen LogP contribution in [0, 0.1) is 13.1 Å². The molecule has 2 aromatic heterocycles. The van der Waals surface area contributed by atoms with Crippen molar-refractivity contribution in [1.82, 2.24) is 9.97 Å². The highest BCUT2D eigenvalue weighted by atomic mass is 14.7. The van der Waals surface area contributed by atoms with Crippen molar-refractivity contribution in [3.8, 4) is 0 Å². The molecule has 2 heteroatoms. The molecule has 0 aromatic carbocycles. The van der Waals surface area contributed by atoms with E-state index in [-0.39, 0.29) is 0 Å². The standard InChI is InChI=1S/C8H7N2/c1-6-4-10-8-2-3-9-5-7(6)8/h2,4-5,10H,1H3. The smallest absolute Gasteiger partial charge is 0.0908 e. The Balaban J connectivity index is 2.93. The molecular weight excluding hydrogens is 124 g/mol. The summed E-state index contributed by atoms with van der Waals surface area (Å²) in [5.74, 6) is 0. The Morgan fingerprint density at radius 2 is 2.50 bits per heavy atom. The molecule has 0 amide bonds. The average molecular weight is 131 g/mol. The van der Waals surface area contributed by atoms with Gasteiger partial charge in [-0.3, -0.25) is 4.98 Å². The maximum absolute atomic E-state index is 3.90. The van der Waals surface area contributed by atoms with Crippen LogP contribution in [0.1, 0.15) is 5.56 Å². The lowest BCUT2D eigenvalue weighted by Crippen LogP contribution is -1.71. The zero-order chi connectivity index (χ0) is 6.97. The van der Waals surface area contributed by atoms with E-state index in [1.807, 2.05) is 18.5 Å². The van der Waals surface area contributed by atoms with Gasteiger partial charge >= 0.3 is 0 Å². The number of aromatic amines is 1. The molecule has 0 bridgehead atoms. The fraction of sp³-hybridized carbons (Fsp3) is 0.125. The molecule has 0 saturated heterocycles. The van der Waals surface area contributed by atoms with E-state index in [0.29, 0.717) is 0 Å². The molecule has 49 valence electrons. The fourth-order valence-corrected chi connectivity index (χ4v) is 1.05. The fourth-order valence-electron chi connectivity index (χ4n) is 1.05. The zero-order valence-electron chi connectivity index (χ0n) is 5.68. The normalized spacial score (nSPS) is 10.5. The number of aryl methyl sites for hydroxylation is 1. The van der Waals surface area contributed by atoms with E-state index >= 15 is 0 Å². The SMILES string of the molecule is Cc1c[nH]c2c[c]ncc12. The first-order valence-electron chi connectivity index (χ1n) is 3.18. The van der Waals surface area contributed by atoms with E-state index in [1.54, 1.807) is 0 Å². The van der Waals surface area contributed by atoms with Crippen LogP contribution in [0.2, 0.25) is 0 Å². The van der Waals surface area contributed by atoms with Crippen molar-refractivity contribution in [2.24, 2.45) is 0 Å². The van der Waals surface area contributed by atoms with Crippen LogP contribution >= 0.6 is 0 Å². The van der Waals surface area contributed by atoms with E-state index in [1.165, 1.54) is 10.9 Å². The molecular formula is C8H7N2. The summed E-state index contributed by atoms with van der Waals surface area (Å²) in [6, 6.07) is 1.85. The molecule has 0 unspecified atom stereocenters. The lowest BCUT2D eigenvalue weighted by molar-refractivity contribution is 1.34. The van der Waals surface area contributed by atoms with E-state index in [4.69, 9.17) is 0 Å². The van der Waals surface area contributed by atoms with Crippen molar-refractivity contribution in [2.75, 3.05) is 0 Å². The topological polar surface area (TPSA) is 28.7 Å². The second-order valence-corrected chi connectivity index (χ2v) is 2.33. The van der Waals surface area contributed by atoms with Gasteiger partial charge in [-0.05, 0) is 18.6 Å². The molecule has 0 aliphatic rings. The van der Waals surface area contributed by atoms with Crippen molar-refractivity contribution >= 4 is 10.9 Å². The quantitative estimate of drug-likeness (QED) is 0.578. The van der Waals surface area contributed by atoms with Crippen molar-refractivity contribution < 1.29 is 0 Å². The summed E-state index contributed by atoms with van der Waals surface area (Å²) in [5.41, 5.74) is 2.34. The number of pyridine rings is 1. The second-order valence-electron chi connectivity index (χ2n) is 2.33. The highest BCUT2D eigenvalue weighted by Crippen LogP contribution is 2.13. The third-order valence-electron chi connectivity index (χ3n) is 1.64. The van der Waals surface area contributed by atoms with Gasteiger partial charge < -0.3 is 4.98 Å². The highest BCUT2D eigenvalue weighted by molar-refractivity contribution is 5.81. The van der Waals surface area contributed by atoms with Crippen molar-refractivity contribution in [3.63, 3.8) is 0 Å². The maximum atomic E-state index is 3.90. The number of aromatic nitrogens is 2.